The van der Waals surface area contributed by atoms with E-state index in [-0.39, 0.29) is 5.41 Å². The SMILES string of the molecule is CC(C)C(O)(CCN)C12CC3CC(CC(C3)C1)C2. The van der Waals surface area contributed by atoms with Gasteiger partial charge in [0.25, 0.3) is 0 Å². The van der Waals surface area contributed by atoms with Gasteiger partial charge in [0.2, 0.25) is 0 Å². The smallest absolute Gasteiger partial charge is 0.0738 e. The zero-order valence-corrected chi connectivity index (χ0v) is 12.0. The highest BCUT2D eigenvalue weighted by Crippen LogP contribution is 2.65. The molecule has 3 N–H and O–H groups in total. The van der Waals surface area contributed by atoms with Crippen molar-refractivity contribution in [1.82, 2.24) is 0 Å². The number of hydrogen-bond donors (Lipinski definition) is 2. The van der Waals surface area contributed by atoms with Crippen LogP contribution in [0.4, 0.5) is 0 Å². The molecule has 0 aromatic carbocycles. The van der Waals surface area contributed by atoms with E-state index in [1.807, 2.05) is 0 Å². The van der Waals surface area contributed by atoms with Gasteiger partial charge in [0.1, 0.15) is 0 Å². The van der Waals surface area contributed by atoms with E-state index in [4.69, 9.17) is 5.73 Å². The van der Waals surface area contributed by atoms with Crippen LogP contribution in [0.15, 0.2) is 0 Å². The predicted octanol–water partition coefficient (Wildman–Crippen LogP) is 2.94. The van der Waals surface area contributed by atoms with Gasteiger partial charge in [-0.3, -0.25) is 0 Å². The van der Waals surface area contributed by atoms with Crippen LogP contribution in [0.1, 0.15) is 58.8 Å². The number of hydrogen-bond acceptors (Lipinski definition) is 2. The van der Waals surface area contributed by atoms with E-state index in [1.54, 1.807) is 0 Å². The Morgan fingerprint density at radius 1 is 1.11 bits per heavy atom. The molecular formula is C16H29NO. The van der Waals surface area contributed by atoms with Crippen molar-refractivity contribution >= 4 is 0 Å². The summed E-state index contributed by atoms with van der Waals surface area (Å²) in [5.74, 6) is 3.04. The van der Waals surface area contributed by atoms with Crippen LogP contribution in [-0.2, 0) is 0 Å². The Morgan fingerprint density at radius 3 is 1.89 bits per heavy atom. The van der Waals surface area contributed by atoms with Crippen LogP contribution in [0.3, 0.4) is 0 Å². The third-order valence-electron chi connectivity index (χ3n) is 6.44. The summed E-state index contributed by atoms with van der Waals surface area (Å²) in [6, 6.07) is 0. The van der Waals surface area contributed by atoms with Crippen LogP contribution in [0, 0.1) is 29.1 Å². The second-order valence-corrected chi connectivity index (χ2v) is 7.82. The first-order chi connectivity index (χ1) is 8.49. The molecule has 4 rings (SSSR count). The Labute approximate surface area is 111 Å². The van der Waals surface area contributed by atoms with Crippen LogP contribution < -0.4 is 5.73 Å². The van der Waals surface area contributed by atoms with Crippen molar-refractivity contribution in [3.05, 3.63) is 0 Å². The van der Waals surface area contributed by atoms with Crippen LogP contribution in [0.25, 0.3) is 0 Å². The Balaban J connectivity index is 1.93. The van der Waals surface area contributed by atoms with Crippen molar-refractivity contribution in [2.75, 3.05) is 6.54 Å². The van der Waals surface area contributed by atoms with Crippen molar-refractivity contribution in [2.45, 2.75) is 64.4 Å². The lowest BCUT2D eigenvalue weighted by molar-refractivity contribution is -0.200. The molecule has 4 saturated carbocycles. The molecule has 2 nitrogen and oxygen atoms in total. The fourth-order valence-electron chi connectivity index (χ4n) is 6.03. The van der Waals surface area contributed by atoms with Gasteiger partial charge in [0, 0.05) is 5.41 Å². The largest absolute Gasteiger partial charge is 0.389 e. The molecule has 0 aromatic rings. The molecule has 4 bridgehead atoms. The molecule has 0 spiro atoms. The van der Waals surface area contributed by atoms with Crippen LogP contribution in [-0.4, -0.2) is 17.3 Å². The summed E-state index contributed by atoms with van der Waals surface area (Å²) < 4.78 is 0. The van der Waals surface area contributed by atoms with Gasteiger partial charge < -0.3 is 10.8 Å². The summed E-state index contributed by atoms with van der Waals surface area (Å²) in [5.41, 5.74) is 5.50. The summed E-state index contributed by atoms with van der Waals surface area (Å²) in [5, 5.41) is 11.4. The average molecular weight is 251 g/mol. The van der Waals surface area contributed by atoms with Gasteiger partial charge in [-0.1, -0.05) is 13.8 Å². The summed E-state index contributed by atoms with van der Waals surface area (Å²) >= 11 is 0. The topological polar surface area (TPSA) is 46.2 Å². The Kier molecular flexibility index (Phi) is 3.02. The first-order valence-electron chi connectivity index (χ1n) is 7.91. The maximum Gasteiger partial charge on any atom is 0.0738 e. The van der Waals surface area contributed by atoms with Gasteiger partial charge in [-0.05, 0) is 75.2 Å². The van der Waals surface area contributed by atoms with E-state index >= 15 is 0 Å². The molecule has 104 valence electrons. The molecule has 0 heterocycles. The summed E-state index contributed by atoms with van der Waals surface area (Å²) in [6.45, 7) is 5.00. The molecule has 1 unspecified atom stereocenters. The van der Waals surface area contributed by atoms with Crippen LogP contribution in [0.5, 0.6) is 0 Å². The van der Waals surface area contributed by atoms with E-state index in [9.17, 15) is 5.11 Å². The predicted molar refractivity (Wildman–Crippen MR) is 74.1 cm³/mol. The lowest BCUT2D eigenvalue weighted by Crippen LogP contribution is -2.61. The maximum absolute atomic E-state index is 11.4. The zero-order chi connectivity index (χ0) is 13.0. The van der Waals surface area contributed by atoms with Crippen molar-refractivity contribution in [1.29, 1.82) is 0 Å². The molecule has 18 heavy (non-hydrogen) atoms. The Bertz CT molecular complexity index is 290. The van der Waals surface area contributed by atoms with E-state index in [0.717, 1.165) is 24.2 Å². The second kappa shape index (κ2) is 4.21. The number of aliphatic hydroxyl groups is 1. The quantitative estimate of drug-likeness (QED) is 0.807. The number of rotatable bonds is 4. The number of nitrogens with two attached hydrogens (primary N) is 1. The molecule has 4 aliphatic carbocycles. The molecule has 2 heteroatoms. The van der Waals surface area contributed by atoms with E-state index < -0.39 is 5.60 Å². The summed E-state index contributed by atoms with van der Waals surface area (Å²) in [7, 11) is 0. The fraction of sp³-hybridized carbons (Fsp3) is 1.00. The van der Waals surface area contributed by atoms with Crippen molar-refractivity contribution < 1.29 is 5.11 Å². The summed E-state index contributed by atoms with van der Waals surface area (Å²) in [4.78, 5) is 0. The van der Waals surface area contributed by atoms with Gasteiger partial charge in [0.05, 0.1) is 5.60 Å². The molecule has 4 aliphatic rings. The Hall–Kier alpha value is -0.0800. The van der Waals surface area contributed by atoms with Crippen molar-refractivity contribution in [2.24, 2.45) is 34.8 Å². The molecular weight excluding hydrogens is 222 g/mol. The lowest BCUT2D eigenvalue weighted by Gasteiger charge is -2.63. The van der Waals surface area contributed by atoms with Crippen LogP contribution in [0.2, 0.25) is 0 Å². The van der Waals surface area contributed by atoms with Gasteiger partial charge in [-0.25, -0.2) is 0 Å². The molecule has 4 fully saturated rings. The van der Waals surface area contributed by atoms with Gasteiger partial charge in [-0.2, -0.15) is 0 Å². The molecule has 0 amide bonds. The minimum absolute atomic E-state index is 0.204. The maximum atomic E-state index is 11.4. The van der Waals surface area contributed by atoms with Gasteiger partial charge >= 0.3 is 0 Å². The first kappa shape index (κ1) is 12.9. The zero-order valence-electron chi connectivity index (χ0n) is 12.0. The van der Waals surface area contributed by atoms with Gasteiger partial charge in [-0.15, -0.1) is 0 Å². The van der Waals surface area contributed by atoms with E-state index in [1.165, 1.54) is 38.5 Å². The highest BCUT2D eigenvalue weighted by Gasteiger charge is 2.60. The molecule has 0 saturated heterocycles. The van der Waals surface area contributed by atoms with Crippen LogP contribution >= 0.6 is 0 Å². The Morgan fingerprint density at radius 2 is 1.56 bits per heavy atom. The molecule has 1 atom stereocenters. The van der Waals surface area contributed by atoms with Gasteiger partial charge in [0.15, 0.2) is 0 Å². The third-order valence-corrected chi connectivity index (χ3v) is 6.44. The fourth-order valence-corrected chi connectivity index (χ4v) is 6.03. The van der Waals surface area contributed by atoms with E-state index in [2.05, 4.69) is 13.8 Å². The normalized spacial score (nSPS) is 45.5. The lowest BCUT2D eigenvalue weighted by atomic mass is 9.43. The first-order valence-corrected chi connectivity index (χ1v) is 7.91. The summed E-state index contributed by atoms with van der Waals surface area (Å²) in [6.07, 6.45) is 8.92. The minimum Gasteiger partial charge on any atom is -0.389 e. The highest BCUT2D eigenvalue weighted by molar-refractivity contribution is 5.10. The van der Waals surface area contributed by atoms with Crippen molar-refractivity contribution in [3.63, 3.8) is 0 Å². The van der Waals surface area contributed by atoms with E-state index in [0.29, 0.717) is 12.5 Å². The molecule has 0 aliphatic heterocycles. The molecule has 0 radical (unpaired) electrons. The minimum atomic E-state index is -0.516. The highest BCUT2D eigenvalue weighted by atomic mass is 16.3. The second-order valence-electron chi connectivity index (χ2n) is 7.82. The third kappa shape index (κ3) is 1.68. The monoisotopic (exact) mass is 251 g/mol. The standard InChI is InChI=1S/C16H29NO/c1-11(2)16(18,3-4-17)15-8-12-5-13(9-15)7-14(6-12)10-15/h11-14,18H,3-10,17H2,1-2H3. The van der Waals surface area contributed by atoms with Crippen molar-refractivity contribution in [3.8, 4) is 0 Å². The molecule has 0 aromatic heterocycles. The average Bonchev–Trinajstić information content (AvgIpc) is 2.26.